The number of benzene rings is 1. The smallest absolute Gasteiger partial charge is 0.358 e. The number of nitro groups is 1. The minimum atomic E-state index is -0.529. The lowest BCUT2D eigenvalue weighted by atomic mass is 10.2. The average Bonchev–Trinajstić information content (AvgIpc) is 3.33. The average molecular weight is 552 g/mol. The Morgan fingerprint density at radius 3 is 2.83 bits per heavy atom. The third kappa shape index (κ3) is 7.26. The molecular formula is C28H27N10O3+. The van der Waals surface area contributed by atoms with Crippen LogP contribution < -0.4 is 10.6 Å². The zero-order chi connectivity index (χ0) is 29.4. The lowest BCUT2D eigenvalue weighted by Crippen LogP contribution is -2.39. The van der Waals surface area contributed by atoms with Gasteiger partial charge in [-0.1, -0.05) is 12.0 Å². The van der Waals surface area contributed by atoms with Crippen molar-refractivity contribution in [2.45, 2.75) is 19.5 Å². The number of imidazole rings is 1. The van der Waals surface area contributed by atoms with E-state index in [0.29, 0.717) is 45.8 Å². The van der Waals surface area contributed by atoms with Crippen LogP contribution in [0.15, 0.2) is 61.3 Å². The number of carbonyl (C=O) groups is 1. The Bertz CT molecular complexity index is 1710. The number of likely N-dealkylation sites (N-methyl/N-ethyl adjacent to an activating group) is 1. The summed E-state index contributed by atoms with van der Waals surface area (Å²) in [5.41, 5.74) is 2.49. The second-order valence-corrected chi connectivity index (χ2v) is 9.70. The van der Waals surface area contributed by atoms with Crippen LogP contribution in [0, 0.1) is 33.8 Å². The topological polar surface area (TPSA) is 165 Å². The molecule has 0 saturated heterocycles. The van der Waals surface area contributed by atoms with Crippen LogP contribution >= 0.6 is 0 Å². The predicted molar refractivity (Wildman–Crippen MR) is 153 cm³/mol. The zero-order valence-electron chi connectivity index (χ0n) is 22.5. The number of terminal acetylenes is 1. The van der Waals surface area contributed by atoms with E-state index in [4.69, 9.17) is 11.7 Å². The highest BCUT2D eigenvalue weighted by Gasteiger charge is 2.28. The number of amides is 1. The summed E-state index contributed by atoms with van der Waals surface area (Å²) in [4.78, 5) is 40.4. The van der Waals surface area contributed by atoms with Crippen LogP contribution in [-0.2, 0) is 17.9 Å². The van der Waals surface area contributed by atoms with Crippen molar-refractivity contribution in [2.75, 3.05) is 31.3 Å². The number of aryl methyl sites for hydroxylation is 1. The number of quaternary nitrogens is 1. The first-order valence-electron chi connectivity index (χ1n) is 12.5. The van der Waals surface area contributed by atoms with Crippen LogP contribution in [0.1, 0.15) is 17.7 Å². The molecule has 3 heterocycles. The van der Waals surface area contributed by atoms with Crippen LogP contribution in [0.3, 0.4) is 0 Å². The Balaban J connectivity index is 1.44. The molecule has 0 aliphatic rings. The van der Waals surface area contributed by atoms with Crippen molar-refractivity contribution in [3.8, 4) is 18.4 Å². The molecule has 1 amide bonds. The Hall–Kier alpha value is -5.66. The van der Waals surface area contributed by atoms with Gasteiger partial charge in [0, 0.05) is 29.3 Å². The Kier molecular flexibility index (Phi) is 8.62. The molecule has 0 bridgehead atoms. The number of hydrogen-bond donors (Lipinski definition) is 2. The van der Waals surface area contributed by atoms with Gasteiger partial charge in [-0.15, -0.1) is 6.42 Å². The van der Waals surface area contributed by atoms with Gasteiger partial charge in [0.2, 0.25) is 12.2 Å². The maximum Gasteiger partial charge on any atom is 0.390 e. The second-order valence-electron chi connectivity index (χ2n) is 9.70. The van der Waals surface area contributed by atoms with Crippen LogP contribution in [0.2, 0.25) is 0 Å². The Morgan fingerprint density at radius 2 is 2.07 bits per heavy atom. The largest absolute Gasteiger partial charge is 0.390 e. The summed E-state index contributed by atoms with van der Waals surface area (Å²) in [6.45, 7) is 0.987. The fourth-order valence-corrected chi connectivity index (χ4v) is 4.11. The Morgan fingerprint density at radius 1 is 1.24 bits per heavy atom. The van der Waals surface area contributed by atoms with E-state index in [1.165, 1.54) is 18.7 Å². The molecule has 0 saturated carbocycles. The minimum absolute atomic E-state index is 0.208. The first kappa shape index (κ1) is 28.4. The third-order valence-corrected chi connectivity index (χ3v) is 6.07. The monoisotopic (exact) mass is 551 g/mol. The van der Waals surface area contributed by atoms with Gasteiger partial charge in [-0.2, -0.15) is 5.26 Å². The van der Waals surface area contributed by atoms with Gasteiger partial charge in [0.1, 0.15) is 24.5 Å². The predicted octanol–water partition coefficient (Wildman–Crippen LogP) is 3.54. The number of nitrogens with zero attached hydrogens (tertiary/aromatic N) is 8. The third-order valence-electron chi connectivity index (χ3n) is 6.07. The van der Waals surface area contributed by atoms with Crippen molar-refractivity contribution in [3.05, 3.63) is 82.7 Å². The first-order chi connectivity index (χ1) is 19.7. The van der Waals surface area contributed by atoms with E-state index >= 15 is 0 Å². The lowest BCUT2D eigenvalue weighted by Gasteiger charge is -2.28. The van der Waals surface area contributed by atoms with Crippen molar-refractivity contribution < 1.29 is 14.2 Å². The summed E-state index contributed by atoms with van der Waals surface area (Å²) >= 11 is 0. The fraction of sp³-hybridized carbons (Fsp3) is 0.214. The summed E-state index contributed by atoms with van der Waals surface area (Å²) in [5.74, 6) is 2.81. The van der Waals surface area contributed by atoms with E-state index in [1.807, 2.05) is 44.4 Å². The highest BCUT2D eigenvalue weighted by Crippen LogP contribution is 2.25. The molecule has 0 aliphatic carbocycles. The molecule has 0 unspecified atom stereocenters. The number of fused-ring (bicyclic) bond motifs is 1. The fourth-order valence-electron chi connectivity index (χ4n) is 4.11. The van der Waals surface area contributed by atoms with Gasteiger partial charge in [-0.25, -0.2) is 15.0 Å². The van der Waals surface area contributed by atoms with Gasteiger partial charge < -0.3 is 29.8 Å². The van der Waals surface area contributed by atoms with E-state index in [1.54, 1.807) is 22.9 Å². The van der Waals surface area contributed by atoms with E-state index in [-0.39, 0.29) is 18.8 Å². The zero-order valence-corrected chi connectivity index (χ0v) is 22.5. The quantitative estimate of drug-likeness (QED) is 0.0932. The molecule has 3 aromatic heterocycles. The maximum absolute atomic E-state index is 12.7. The standard InChI is InChI=1S/C28H26N10O3/c1-4-20-8-5-9-21(14-20)34-27-22-15-25(30-16-23(22)31-18-32-27)35-26(39)10-6-13-38(2,3)17-24-28(37(40)41)33-19-36(24)12-7-11-29/h1,5-6,8-10,14-16,18-19H,7,12-13,17H2,2-3H3,(H-,30,31,32,34,35,39)/p+1. The van der Waals surface area contributed by atoms with Crippen molar-refractivity contribution in [3.63, 3.8) is 0 Å². The molecule has 4 rings (SSSR count). The van der Waals surface area contributed by atoms with E-state index in [0.717, 1.165) is 11.3 Å². The number of aromatic nitrogens is 5. The van der Waals surface area contributed by atoms with Crippen LogP contribution in [-0.4, -0.2) is 60.5 Å². The summed E-state index contributed by atoms with van der Waals surface area (Å²) in [6.07, 6.45) is 13.1. The number of rotatable bonds is 11. The number of carbonyl (C=O) groups excluding carboxylic acids is 1. The number of pyridine rings is 1. The molecule has 206 valence electrons. The van der Waals surface area contributed by atoms with E-state index in [2.05, 4.69) is 36.5 Å². The molecule has 1 aromatic carbocycles. The minimum Gasteiger partial charge on any atom is -0.358 e. The highest BCUT2D eigenvalue weighted by atomic mass is 16.6. The van der Waals surface area contributed by atoms with Crippen molar-refractivity contribution in [2.24, 2.45) is 0 Å². The number of nitrogens with one attached hydrogen (secondary N) is 2. The highest BCUT2D eigenvalue weighted by molar-refractivity contribution is 6.00. The van der Waals surface area contributed by atoms with Gasteiger partial charge in [-0.3, -0.25) is 4.79 Å². The normalized spacial score (nSPS) is 11.2. The molecule has 0 fully saturated rings. The summed E-state index contributed by atoms with van der Waals surface area (Å²) < 4.78 is 1.94. The summed E-state index contributed by atoms with van der Waals surface area (Å²) in [7, 11) is 3.76. The number of anilines is 3. The van der Waals surface area contributed by atoms with Crippen LogP contribution in [0.4, 0.5) is 23.1 Å². The van der Waals surface area contributed by atoms with E-state index < -0.39 is 10.8 Å². The second kappa shape index (κ2) is 12.5. The number of nitriles is 1. The molecule has 13 nitrogen and oxygen atoms in total. The van der Waals surface area contributed by atoms with Gasteiger partial charge in [-0.05, 0) is 40.2 Å². The number of hydrogen-bond acceptors (Lipinski definition) is 9. The molecule has 41 heavy (non-hydrogen) atoms. The van der Waals surface area contributed by atoms with E-state index in [9.17, 15) is 14.9 Å². The molecule has 0 radical (unpaired) electrons. The molecule has 4 aromatic rings. The van der Waals surface area contributed by atoms with Gasteiger partial charge in [0.05, 0.1) is 44.8 Å². The lowest BCUT2D eigenvalue weighted by molar-refractivity contribution is -0.898. The molecule has 2 N–H and O–H groups in total. The van der Waals surface area contributed by atoms with Crippen molar-refractivity contribution >= 4 is 40.0 Å². The molecule has 0 atom stereocenters. The van der Waals surface area contributed by atoms with Crippen molar-refractivity contribution in [1.29, 1.82) is 5.26 Å². The van der Waals surface area contributed by atoms with Crippen molar-refractivity contribution in [1.82, 2.24) is 24.5 Å². The molecule has 0 spiro atoms. The van der Waals surface area contributed by atoms with Gasteiger partial charge in [0.25, 0.3) is 0 Å². The van der Waals surface area contributed by atoms with Crippen LogP contribution in [0.25, 0.3) is 10.9 Å². The molecular weight excluding hydrogens is 524 g/mol. The Labute approximate surface area is 235 Å². The van der Waals surface area contributed by atoms with Crippen LogP contribution in [0.5, 0.6) is 0 Å². The summed E-state index contributed by atoms with van der Waals surface area (Å²) in [6, 6.07) is 11.1. The van der Waals surface area contributed by atoms with Gasteiger partial charge >= 0.3 is 5.82 Å². The summed E-state index contributed by atoms with van der Waals surface area (Å²) in [5, 5.41) is 27.0. The first-order valence-corrected chi connectivity index (χ1v) is 12.5. The SMILES string of the molecule is C#Cc1cccc(Nc2ncnc3cnc(NC(=O)C=CC[N+](C)(C)Cc4c([N+](=O)[O-])ncn4CCC#N)cc23)c1. The molecule has 0 aliphatic heterocycles. The van der Waals surface area contributed by atoms with Gasteiger partial charge in [0.15, 0.2) is 5.69 Å². The maximum atomic E-state index is 12.7. The molecule has 13 heteroatoms.